The van der Waals surface area contributed by atoms with E-state index in [0.29, 0.717) is 13.0 Å². The highest BCUT2D eigenvalue weighted by molar-refractivity contribution is 7.98. The van der Waals surface area contributed by atoms with Gasteiger partial charge in [0.25, 0.3) is 0 Å². The molecule has 1 fully saturated rings. The first-order valence-electron chi connectivity index (χ1n) is 7.25. The maximum absolute atomic E-state index is 13.0. The minimum Gasteiger partial charge on any atom is -0.329 e. The Bertz CT molecular complexity index is 299. The molecule has 0 aromatic carbocycles. The molecule has 3 unspecified atom stereocenters. The van der Waals surface area contributed by atoms with Gasteiger partial charge in [-0.2, -0.15) is 24.9 Å². The molecule has 0 saturated heterocycles. The molecule has 20 heavy (non-hydrogen) atoms. The van der Waals surface area contributed by atoms with Crippen molar-refractivity contribution in [3.05, 3.63) is 0 Å². The van der Waals surface area contributed by atoms with Crippen molar-refractivity contribution in [2.75, 3.05) is 25.6 Å². The summed E-state index contributed by atoms with van der Waals surface area (Å²) >= 11 is 1.77. The van der Waals surface area contributed by atoms with Gasteiger partial charge in [-0.15, -0.1) is 0 Å². The summed E-state index contributed by atoms with van der Waals surface area (Å²) in [6.07, 6.45) is 0.717. The number of nitrogens with two attached hydrogens (primary N) is 1. The van der Waals surface area contributed by atoms with Crippen LogP contribution in [0.25, 0.3) is 0 Å². The first kappa shape index (κ1) is 18.1. The molecular weight excluding hydrogens is 285 g/mol. The Labute approximate surface area is 124 Å². The molecule has 2 N–H and O–H groups in total. The predicted octanol–water partition coefficient (Wildman–Crippen LogP) is 3.51. The van der Waals surface area contributed by atoms with Gasteiger partial charge in [0.2, 0.25) is 0 Å². The Kier molecular flexibility index (Phi) is 6.67. The number of hydrogen-bond donors (Lipinski definition) is 1. The molecule has 3 atom stereocenters. The Morgan fingerprint density at radius 1 is 1.45 bits per heavy atom. The summed E-state index contributed by atoms with van der Waals surface area (Å²) in [5.74, 6) is -0.176. The first-order chi connectivity index (χ1) is 9.27. The van der Waals surface area contributed by atoms with Crippen LogP contribution >= 0.6 is 11.8 Å². The van der Waals surface area contributed by atoms with Crippen molar-refractivity contribution >= 4 is 11.8 Å². The Morgan fingerprint density at radius 2 is 2.10 bits per heavy atom. The van der Waals surface area contributed by atoms with Crippen LogP contribution in [0.15, 0.2) is 0 Å². The molecule has 0 bridgehead atoms. The maximum atomic E-state index is 13.0. The number of hydrogen-bond acceptors (Lipinski definition) is 3. The van der Waals surface area contributed by atoms with E-state index in [1.165, 1.54) is 0 Å². The fourth-order valence-electron chi connectivity index (χ4n) is 3.22. The number of rotatable bonds is 6. The lowest BCUT2D eigenvalue weighted by atomic mass is 9.74. The second-order valence-electron chi connectivity index (χ2n) is 6.00. The van der Waals surface area contributed by atoms with Gasteiger partial charge >= 0.3 is 6.18 Å². The molecule has 0 radical (unpaired) electrons. The smallest absolute Gasteiger partial charge is 0.329 e. The predicted molar refractivity (Wildman–Crippen MR) is 80.0 cm³/mol. The van der Waals surface area contributed by atoms with Crippen LogP contribution in [-0.4, -0.2) is 48.3 Å². The Morgan fingerprint density at radius 3 is 2.60 bits per heavy atom. The average Bonchev–Trinajstić information content (AvgIpc) is 2.42. The van der Waals surface area contributed by atoms with Gasteiger partial charge in [0.1, 0.15) is 0 Å². The molecule has 0 aliphatic heterocycles. The molecule has 1 saturated carbocycles. The highest BCUT2D eigenvalue weighted by Crippen LogP contribution is 2.44. The zero-order chi connectivity index (χ0) is 15.4. The Balaban J connectivity index is 2.79. The van der Waals surface area contributed by atoms with Gasteiger partial charge < -0.3 is 5.73 Å². The van der Waals surface area contributed by atoms with Crippen LogP contribution in [0.3, 0.4) is 0 Å². The van der Waals surface area contributed by atoms with Crippen molar-refractivity contribution in [1.29, 1.82) is 0 Å². The standard InChI is InChI=1S/C14H27F3N2S/c1-11(6-8-20-3)19(2)13(10-18)7-4-5-12(9-13)14(15,16)17/h11-12H,4-10,18H2,1-3H3. The number of alkyl halides is 3. The molecule has 120 valence electrons. The SMILES string of the molecule is CSCCC(C)N(C)C1(CN)CCCC(C(F)(F)F)C1. The van der Waals surface area contributed by atoms with Gasteiger partial charge in [-0.05, 0) is 51.7 Å². The van der Waals surface area contributed by atoms with Gasteiger partial charge in [0.05, 0.1) is 5.92 Å². The molecule has 1 aliphatic carbocycles. The quantitative estimate of drug-likeness (QED) is 0.814. The number of nitrogens with zero attached hydrogens (tertiary/aromatic N) is 1. The van der Waals surface area contributed by atoms with E-state index in [9.17, 15) is 13.2 Å². The van der Waals surface area contributed by atoms with Crippen LogP contribution in [0.4, 0.5) is 13.2 Å². The van der Waals surface area contributed by atoms with E-state index in [-0.39, 0.29) is 18.9 Å². The molecule has 0 aromatic heterocycles. The molecule has 0 aromatic rings. The molecule has 1 aliphatic rings. The fourth-order valence-corrected chi connectivity index (χ4v) is 3.80. The van der Waals surface area contributed by atoms with Crippen molar-refractivity contribution in [3.8, 4) is 0 Å². The molecule has 0 spiro atoms. The summed E-state index contributed by atoms with van der Waals surface area (Å²) in [7, 11) is 1.94. The van der Waals surface area contributed by atoms with Crippen molar-refractivity contribution in [2.24, 2.45) is 11.7 Å². The normalized spacial score (nSPS) is 29.7. The van der Waals surface area contributed by atoms with Crippen LogP contribution in [0.5, 0.6) is 0 Å². The monoisotopic (exact) mass is 312 g/mol. The van der Waals surface area contributed by atoms with Crippen molar-refractivity contribution < 1.29 is 13.2 Å². The Hall–Kier alpha value is 0.0600. The van der Waals surface area contributed by atoms with Gasteiger partial charge in [0.15, 0.2) is 0 Å². The maximum Gasteiger partial charge on any atom is 0.391 e. The van der Waals surface area contributed by atoms with Crippen molar-refractivity contribution in [3.63, 3.8) is 0 Å². The summed E-state index contributed by atoms with van der Waals surface area (Å²) in [6.45, 7) is 2.39. The van der Waals surface area contributed by atoms with Gasteiger partial charge in [-0.1, -0.05) is 6.42 Å². The number of thioether (sulfide) groups is 1. The molecule has 2 nitrogen and oxygen atoms in total. The summed E-state index contributed by atoms with van der Waals surface area (Å²) in [6, 6.07) is 0.262. The van der Waals surface area contributed by atoms with Gasteiger partial charge in [-0.25, -0.2) is 0 Å². The molecule has 6 heteroatoms. The summed E-state index contributed by atoms with van der Waals surface area (Å²) < 4.78 is 39.1. The van der Waals surface area contributed by atoms with Gasteiger partial charge in [0, 0.05) is 18.1 Å². The minimum atomic E-state index is -4.09. The van der Waals surface area contributed by atoms with E-state index in [0.717, 1.165) is 18.6 Å². The van der Waals surface area contributed by atoms with Crippen molar-refractivity contribution in [2.45, 2.75) is 56.8 Å². The third-order valence-electron chi connectivity index (χ3n) is 4.81. The van der Waals surface area contributed by atoms with Gasteiger partial charge in [-0.3, -0.25) is 4.90 Å². The fraction of sp³-hybridized carbons (Fsp3) is 1.00. The lowest BCUT2D eigenvalue weighted by Crippen LogP contribution is -2.58. The highest BCUT2D eigenvalue weighted by Gasteiger charge is 2.49. The highest BCUT2D eigenvalue weighted by atomic mass is 32.2. The molecule has 0 amide bonds. The molecule has 1 rings (SSSR count). The van der Waals surface area contributed by atoms with E-state index in [1.807, 2.05) is 13.3 Å². The zero-order valence-corrected chi connectivity index (χ0v) is 13.5. The van der Waals surface area contributed by atoms with Crippen LogP contribution in [0.1, 0.15) is 39.0 Å². The second-order valence-corrected chi connectivity index (χ2v) is 6.99. The van der Waals surface area contributed by atoms with E-state index in [2.05, 4.69) is 11.8 Å². The van der Waals surface area contributed by atoms with Crippen LogP contribution in [-0.2, 0) is 0 Å². The van der Waals surface area contributed by atoms with Crippen LogP contribution in [0.2, 0.25) is 0 Å². The van der Waals surface area contributed by atoms with Crippen LogP contribution < -0.4 is 5.73 Å². The minimum absolute atomic E-state index is 0.146. The zero-order valence-electron chi connectivity index (χ0n) is 12.7. The second kappa shape index (κ2) is 7.36. The molecule has 0 heterocycles. The number of halogens is 3. The largest absolute Gasteiger partial charge is 0.391 e. The van der Waals surface area contributed by atoms with E-state index in [1.54, 1.807) is 11.8 Å². The third-order valence-corrected chi connectivity index (χ3v) is 5.46. The summed E-state index contributed by atoms with van der Waals surface area (Å²) in [5.41, 5.74) is 5.41. The van der Waals surface area contributed by atoms with Crippen LogP contribution in [0, 0.1) is 5.92 Å². The number of likely N-dealkylation sites (N-methyl/N-ethyl adjacent to an activating group) is 1. The third kappa shape index (κ3) is 4.28. The lowest BCUT2D eigenvalue weighted by Gasteiger charge is -2.49. The van der Waals surface area contributed by atoms with E-state index >= 15 is 0 Å². The average molecular weight is 312 g/mol. The summed E-state index contributed by atoms with van der Waals surface area (Å²) in [4.78, 5) is 2.11. The van der Waals surface area contributed by atoms with Crippen molar-refractivity contribution in [1.82, 2.24) is 4.90 Å². The van der Waals surface area contributed by atoms with E-state index < -0.39 is 17.6 Å². The summed E-state index contributed by atoms with van der Waals surface area (Å²) in [5, 5.41) is 0. The molecular formula is C14H27F3N2S. The lowest BCUT2D eigenvalue weighted by molar-refractivity contribution is -0.194. The van der Waals surface area contributed by atoms with E-state index in [4.69, 9.17) is 5.73 Å². The topological polar surface area (TPSA) is 29.3 Å². The first-order valence-corrected chi connectivity index (χ1v) is 8.65.